The highest BCUT2D eigenvalue weighted by atomic mass is 16.2. The standard InChI is InChI=1S/C19H26N4O3/c1-3-22-11-6-7-14(22)13-20-17(24)10-12-23-16-9-5-4-8-15(16)21(2)18(25)19(23)26/h4-5,8-9,14H,3,6-7,10-13H2,1-2H3,(H,20,24). The van der Waals surface area contributed by atoms with Gasteiger partial charge in [0, 0.05) is 32.6 Å². The molecular formula is C19H26N4O3. The van der Waals surface area contributed by atoms with Crippen LogP contribution in [0, 0.1) is 0 Å². The highest BCUT2D eigenvalue weighted by Gasteiger charge is 2.23. The van der Waals surface area contributed by atoms with Crippen LogP contribution in [0.2, 0.25) is 0 Å². The Kier molecular flexibility index (Phi) is 5.56. The summed E-state index contributed by atoms with van der Waals surface area (Å²) in [4.78, 5) is 39.1. The van der Waals surface area contributed by atoms with Crippen LogP contribution in [-0.4, -0.2) is 45.6 Å². The Morgan fingerprint density at radius 1 is 1.19 bits per heavy atom. The first-order valence-electron chi connectivity index (χ1n) is 9.22. The molecule has 0 spiro atoms. The van der Waals surface area contributed by atoms with E-state index in [4.69, 9.17) is 0 Å². The maximum absolute atomic E-state index is 12.4. The molecule has 0 bridgehead atoms. The van der Waals surface area contributed by atoms with Crippen LogP contribution in [0.5, 0.6) is 0 Å². The molecule has 2 aromatic rings. The van der Waals surface area contributed by atoms with Gasteiger partial charge in [0.25, 0.3) is 0 Å². The van der Waals surface area contributed by atoms with Crippen molar-refractivity contribution >= 4 is 16.9 Å². The van der Waals surface area contributed by atoms with Gasteiger partial charge in [-0.05, 0) is 38.1 Å². The minimum Gasteiger partial charge on any atom is -0.354 e. The molecule has 0 radical (unpaired) electrons. The van der Waals surface area contributed by atoms with Gasteiger partial charge in [0.15, 0.2) is 0 Å². The fourth-order valence-corrected chi connectivity index (χ4v) is 3.75. The highest BCUT2D eigenvalue weighted by Crippen LogP contribution is 2.15. The van der Waals surface area contributed by atoms with Gasteiger partial charge in [-0.15, -0.1) is 0 Å². The fraction of sp³-hybridized carbons (Fsp3) is 0.526. The summed E-state index contributed by atoms with van der Waals surface area (Å²) in [6, 6.07) is 7.64. The molecule has 1 atom stereocenters. The molecule has 0 aliphatic carbocycles. The lowest BCUT2D eigenvalue weighted by atomic mass is 10.2. The monoisotopic (exact) mass is 358 g/mol. The van der Waals surface area contributed by atoms with E-state index in [9.17, 15) is 14.4 Å². The predicted octanol–water partition coefficient (Wildman–Crippen LogP) is 0.691. The number of aromatic nitrogens is 2. The Morgan fingerprint density at radius 2 is 1.92 bits per heavy atom. The van der Waals surface area contributed by atoms with Crippen molar-refractivity contribution in [1.82, 2.24) is 19.4 Å². The number of hydrogen-bond acceptors (Lipinski definition) is 4. The first-order chi connectivity index (χ1) is 12.5. The van der Waals surface area contributed by atoms with Crippen LogP contribution < -0.4 is 16.4 Å². The molecule has 26 heavy (non-hydrogen) atoms. The van der Waals surface area contributed by atoms with Gasteiger partial charge < -0.3 is 14.5 Å². The molecular weight excluding hydrogens is 332 g/mol. The van der Waals surface area contributed by atoms with E-state index in [1.54, 1.807) is 19.2 Å². The molecule has 2 heterocycles. The smallest absolute Gasteiger partial charge is 0.316 e. The topological polar surface area (TPSA) is 76.3 Å². The van der Waals surface area contributed by atoms with Crippen molar-refractivity contribution in [2.45, 2.75) is 38.8 Å². The van der Waals surface area contributed by atoms with E-state index < -0.39 is 11.1 Å². The zero-order chi connectivity index (χ0) is 18.7. The molecule has 1 aromatic carbocycles. The molecule has 1 aliphatic rings. The molecule has 1 fully saturated rings. The lowest BCUT2D eigenvalue weighted by Gasteiger charge is -2.22. The molecule has 0 saturated carbocycles. The molecule has 140 valence electrons. The lowest BCUT2D eigenvalue weighted by molar-refractivity contribution is -0.121. The molecule has 1 N–H and O–H groups in total. The van der Waals surface area contributed by atoms with Gasteiger partial charge in [0.05, 0.1) is 11.0 Å². The van der Waals surface area contributed by atoms with E-state index >= 15 is 0 Å². The number of benzene rings is 1. The van der Waals surface area contributed by atoms with E-state index in [-0.39, 0.29) is 18.9 Å². The second-order valence-corrected chi connectivity index (χ2v) is 6.79. The van der Waals surface area contributed by atoms with Crippen LogP contribution in [0.1, 0.15) is 26.2 Å². The van der Waals surface area contributed by atoms with Crippen molar-refractivity contribution in [2.24, 2.45) is 7.05 Å². The highest BCUT2D eigenvalue weighted by molar-refractivity contribution is 5.77. The average Bonchev–Trinajstić information content (AvgIpc) is 3.12. The minimum atomic E-state index is -0.591. The third kappa shape index (κ3) is 3.58. The van der Waals surface area contributed by atoms with Crippen LogP contribution in [0.4, 0.5) is 0 Å². The molecule has 1 saturated heterocycles. The van der Waals surface area contributed by atoms with E-state index in [2.05, 4.69) is 17.1 Å². The second-order valence-electron chi connectivity index (χ2n) is 6.79. The van der Waals surface area contributed by atoms with Crippen LogP contribution >= 0.6 is 0 Å². The maximum Gasteiger partial charge on any atom is 0.316 e. The molecule has 7 nitrogen and oxygen atoms in total. The normalized spacial score (nSPS) is 17.7. The summed E-state index contributed by atoms with van der Waals surface area (Å²) in [6.45, 7) is 5.05. The fourth-order valence-electron chi connectivity index (χ4n) is 3.75. The number of hydrogen-bond donors (Lipinski definition) is 1. The van der Waals surface area contributed by atoms with Crippen molar-refractivity contribution in [2.75, 3.05) is 19.6 Å². The first kappa shape index (κ1) is 18.4. The van der Waals surface area contributed by atoms with Crippen LogP contribution in [-0.2, 0) is 18.4 Å². The number of nitrogens with one attached hydrogen (secondary N) is 1. The van der Waals surface area contributed by atoms with Gasteiger partial charge in [-0.1, -0.05) is 19.1 Å². The van der Waals surface area contributed by atoms with E-state index in [0.717, 1.165) is 19.5 Å². The second kappa shape index (κ2) is 7.86. The summed E-state index contributed by atoms with van der Waals surface area (Å²) in [7, 11) is 1.59. The van der Waals surface area contributed by atoms with Gasteiger partial charge in [-0.25, -0.2) is 0 Å². The summed E-state index contributed by atoms with van der Waals surface area (Å²) < 4.78 is 2.76. The first-order valence-corrected chi connectivity index (χ1v) is 9.22. The number of likely N-dealkylation sites (tertiary alicyclic amines) is 1. The maximum atomic E-state index is 12.4. The Hall–Kier alpha value is -2.41. The molecule has 1 amide bonds. The predicted molar refractivity (Wildman–Crippen MR) is 101 cm³/mol. The van der Waals surface area contributed by atoms with Crippen molar-refractivity contribution < 1.29 is 4.79 Å². The average molecular weight is 358 g/mol. The third-order valence-electron chi connectivity index (χ3n) is 5.27. The molecule has 1 aliphatic heterocycles. The number of aryl methyl sites for hydroxylation is 2. The van der Waals surface area contributed by atoms with Gasteiger partial charge in [-0.3, -0.25) is 19.3 Å². The quantitative estimate of drug-likeness (QED) is 0.771. The number of carbonyl (C=O) groups is 1. The van der Waals surface area contributed by atoms with Crippen molar-refractivity contribution in [3.05, 3.63) is 45.0 Å². The van der Waals surface area contributed by atoms with Crippen LogP contribution in [0.25, 0.3) is 11.0 Å². The van der Waals surface area contributed by atoms with Crippen molar-refractivity contribution in [1.29, 1.82) is 0 Å². The number of para-hydroxylation sites is 2. The van der Waals surface area contributed by atoms with Crippen LogP contribution in [0.15, 0.2) is 33.9 Å². The van der Waals surface area contributed by atoms with Gasteiger partial charge >= 0.3 is 11.1 Å². The summed E-state index contributed by atoms with van der Waals surface area (Å²) in [5.41, 5.74) is 0.183. The molecule has 7 heteroatoms. The zero-order valence-electron chi connectivity index (χ0n) is 15.4. The molecule has 3 rings (SSSR count). The number of likely N-dealkylation sites (N-methyl/N-ethyl adjacent to an activating group) is 1. The summed E-state index contributed by atoms with van der Waals surface area (Å²) in [5.74, 6) is -0.0930. The Bertz CT molecular complexity index is 915. The van der Waals surface area contributed by atoms with Crippen LogP contribution in [0.3, 0.4) is 0 Å². The Balaban J connectivity index is 1.69. The lowest BCUT2D eigenvalue weighted by Crippen LogP contribution is -2.42. The number of amides is 1. The Morgan fingerprint density at radius 3 is 2.65 bits per heavy atom. The third-order valence-corrected chi connectivity index (χ3v) is 5.27. The molecule has 1 unspecified atom stereocenters. The summed E-state index contributed by atoms with van der Waals surface area (Å²) in [5, 5.41) is 2.97. The SMILES string of the molecule is CCN1CCCC1CNC(=O)CCn1c(=O)c(=O)n(C)c2ccccc21. The largest absolute Gasteiger partial charge is 0.354 e. The minimum absolute atomic E-state index is 0.0930. The van der Waals surface area contributed by atoms with E-state index in [1.165, 1.54) is 15.6 Å². The van der Waals surface area contributed by atoms with E-state index in [0.29, 0.717) is 23.6 Å². The van der Waals surface area contributed by atoms with Gasteiger partial charge in [0.1, 0.15) is 0 Å². The van der Waals surface area contributed by atoms with Crippen molar-refractivity contribution in [3.8, 4) is 0 Å². The summed E-state index contributed by atoms with van der Waals surface area (Å²) >= 11 is 0. The number of fused-ring (bicyclic) bond motifs is 1. The zero-order valence-corrected chi connectivity index (χ0v) is 15.4. The number of nitrogens with zero attached hydrogens (tertiary/aromatic N) is 3. The van der Waals surface area contributed by atoms with E-state index in [1.807, 2.05) is 12.1 Å². The van der Waals surface area contributed by atoms with Gasteiger partial charge in [0.2, 0.25) is 5.91 Å². The van der Waals surface area contributed by atoms with Gasteiger partial charge in [-0.2, -0.15) is 0 Å². The van der Waals surface area contributed by atoms with Crippen molar-refractivity contribution in [3.63, 3.8) is 0 Å². The Labute approximate surface area is 152 Å². The number of carbonyl (C=O) groups excluding carboxylic acids is 1. The summed E-state index contributed by atoms with van der Waals surface area (Å²) in [6.07, 6.45) is 2.45. The number of rotatable bonds is 6. The molecule has 1 aromatic heterocycles.